The van der Waals surface area contributed by atoms with Crippen LogP contribution in [0.3, 0.4) is 0 Å². The molecule has 0 aromatic carbocycles. The summed E-state index contributed by atoms with van der Waals surface area (Å²) in [7, 11) is 0. The number of thiocarbonyl (C=S) groups is 1. The minimum atomic E-state index is 0.409. The van der Waals surface area contributed by atoms with Crippen LogP contribution in [0, 0.1) is 5.41 Å². The van der Waals surface area contributed by atoms with Crippen LogP contribution in [0.1, 0.15) is 38.7 Å². The summed E-state index contributed by atoms with van der Waals surface area (Å²) in [6, 6.07) is 3.98. The van der Waals surface area contributed by atoms with Crippen LogP contribution in [0.4, 0.5) is 5.82 Å². The van der Waals surface area contributed by atoms with E-state index < -0.39 is 0 Å². The molecule has 0 unspecified atom stereocenters. The molecule has 98 valence electrons. The zero-order valence-corrected chi connectivity index (χ0v) is 12.0. The maximum Gasteiger partial charge on any atom is 0.128 e. The van der Waals surface area contributed by atoms with Crippen LogP contribution >= 0.6 is 12.2 Å². The first-order valence-electron chi connectivity index (χ1n) is 6.61. The Morgan fingerprint density at radius 3 is 2.61 bits per heavy atom. The smallest absolute Gasteiger partial charge is 0.128 e. The van der Waals surface area contributed by atoms with Crippen molar-refractivity contribution in [1.29, 1.82) is 0 Å². The summed E-state index contributed by atoms with van der Waals surface area (Å²) in [5, 5.41) is 0. The first-order valence-corrected chi connectivity index (χ1v) is 7.02. The van der Waals surface area contributed by atoms with E-state index in [1.54, 1.807) is 6.20 Å². The van der Waals surface area contributed by atoms with E-state index in [0.29, 0.717) is 10.4 Å². The molecular weight excluding hydrogens is 242 g/mol. The van der Waals surface area contributed by atoms with Gasteiger partial charge in [0.1, 0.15) is 10.8 Å². The van der Waals surface area contributed by atoms with Crippen LogP contribution in [-0.4, -0.2) is 23.1 Å². The topological polar surface area (TPSA) is 42.1 Å². The molecule has 1 aliphatic rings. The Morgan fingerprint density at radius 2 is 2.17 bits per heavy atom. The molecule has 0 saturated carbocycles. The molecule has 1 aromatic rings. The Morgan fingerprint density at radius 1 is 1.44 bits per heavy atom. The van der Waals surface area contributed by atoms with E-state index in [1.165, 1.54) is 19.3 Å². The van der Waals surface area contributed by atoms with Gasteiger partial charge in [0, 0.05) is 24.8 Å². The monoisotopic (exact) mass is 263 g/mol. The number of aromatic nitrogens is 1. The van der Waals surface area contributed by atoms with E-state index in [9.17, 15) is 0 Å². The number of hydrogen-bond donors (Lipinski definition) is 1. The fourth-order valence-electron chi connectivity index (χ4n) is 2.68. The number of nitrogens with two attached hydrogens (primary N) is 1. The van der Waals surface area contributed by atoms with Gasteiger partial charge in [-0.1, -0.05) is 26.1 Å². The Balaban J connectivity index is 2.12. The third-order valence-electron chi connectivity index (χ3n) is 4.29. The van der Waals surface area contributed by atoms with Crippen LogP contribution in [0.2, 0.25) is 0 Å². The molecule has 0 atom stereocenters. The van der Waals surface area contributed by atoms with Crippen molar-refractivity contribution in [3.05, 3.63) is 23.9 Å². The molecular formula is C14H21N3S. The fourth-order valence-corrected chi connectivity index (χ4v) is 2.80. The summed E-state index contributed by atoms with van der Waals surface area (Å²) in [4.78, 5) is 7.26. The summed E-state index contributed by atoms with van der Waals surface area (Å²) in [5.74, 6) is 1.04. The molecule has 2 heterocycles. The lowest BCUT2D eigenvalue weighted by Crippen LogP contribution is -2.26. The molecule has 1 aromatic heterocycles. The van der Waals surface area contributed by atoms with Crippen molar-refractivity contribution < 1.29 is 0 Å². The highest BCUT2D eigenvalue weighted by Crippen LogP contribution is 2.38. The van der Waals surface area contributed by atoms with E-state index in [2.05, 4.69) is 23.7 Å². The van der Waals surface area contributed by atoms with Gasteiger partial charge in [-0.25, -0.2) is 4.98 Å². The molecule has 0 bridgehead atoms. The maximum atomic E-state index is 5.58. The lowest BCUT2D eigenvalue weighted by molar-refractivity contribution is 0.301. The highest BCUT2D eigenvalue weighted by Gasteiger charge is 2.35. The zero-order chi connectivity index (χ0) is 13.2. The van der Waals surface area contributed by atoms with Gasteiger partial charge in [-0.05, 0) is 36.8 Å². The van der Waals surface area contributed by atoms with E-state index in [0.717, 1.165) is 24.5 Å². The standard InChI is InChI=1S/C14H21N3S/c1-3-14(4-2)7-8-17(10-14)12-6-5-11(9-16-12)13(15)18/h5-6,9H,3-4,7-8,10H2,1-2H3,(H2,15,18). The average Bonchev–Trinajstić information content (AvgIpc) is 2.84. The number of pyridine rings is 1. The first kappa shape index (κ1) is 13.3. The molecule has 0 amide bonds. The fraction of sp³-hybridized carbons (Fsp3) is 0.571. The molecule has 2 N–H and O–H groups in total. The number of nitrogens with zero attached hydrogens (tertiary/aromatic N) is 2. The van der Waals surface area contributed by atoms with E-state index in [-0.39, 0.29) is 0 Å². The quantitative estimate of drug-likeness (QED) is 0.848. The van der Waals surface area contributed by atoms with Crippen molar-refractivity contribution in [3.8, 4) is 0 Å². The van der Waals surface area contributed by atoms with Crippen LogP contribution in [0.15, 0.2) is 18.3 Å². The SMILES string of the molecule is CCC1(CC)CCN(c2ccc(C(N)=S)cn2)C1. The average molecular weight is 263 g/mol. The molecule has 3 nitrogen and oxygen atoms in total. The molecule has 18 heavy (non-hydrogen) atoms. The predicted octanol–water partition coefficient (Wildman–Crippen LogP) is 2.73. The van der Waals surface area contributed by atoms with Gasteiger partial charge < -0.3 is 10.6 Å². The van der Waals surface area contributed by atoms with E-state index in [4.69, 9.17) is 18.0 Å². The van der Waals surface area contributed by atoms with Crippen LogP contribution in [0.25, 0.3) is 0 Å². The van der Waals surface area contributed by atoms with Crippen LogP contribution < -0.4 is 10.6 Å². The van der Waals surface area contributed by atoms with Crippen LogP contribution in [-0.2, 0) is 0 Å². The minimum absolute atomic E-state index is 0.409. The second-order valence-electron chi connectivity index (χ2n) is 5.15. The minimum Gasteiger partial charge on any atom is -0.389 e. The van der Waals surface area contributed by atoms with Gasteiger partial charge in [-0.15, -0.1) is 0 Å². The molecule has 0 spiro atoms. The lowest BCUT2D eigenvalue weighted by Gasteiger charge is -2.26. The van der Waals surface area contributed by atoms with Crippen LogP contribution in [0.5, 0.6) is 0 Å². The largest absolute Gasteiger partial charge is 0.389 e. The van der Waals surface area contributed by atoms with Crippen molar-refractivity contribution in [2.75, 3.05) is 18.0 Å². The van der Waals surface area contributed by atoms with Crippen molar-refractivity contribution in [3.63, 3.8) is 0 Å². The van der Waals surface area contributed by atoms with Gasteiger partial charge in [0.05, 0.1) is 0 Å². The Kier molecular flexibility index (Phi) is 3.85. The van der Waals surface area contributed by atoms with Crippen molar-refractivity contribution >= 4 is 23.0 Å². The third kappa shape index (κ3) is 2.48. The second kappa shape index (κ2) is 5.22. The Bertz CT molecular complexity index is 423. The number of hydrogen-bond acceptors (Lipinski definition) is 3. The molecule has 1 aliphatic heterocycles. The number of anilines is 1. The van der Waals surface area contributed by atoms with Gasteiger partial charge in [0.25, 0.3) is 0 Å². The molecule has 0 aliphatic carbocycles. The molecule has 4 heteroatoms. The molecule has 0 radical (unpaired) electrons. The first-order chi connectivity index (χ1) is 8.60. The van der Waals surface area contributed by atoms with Crippen molar-refractivity contribution in [2.24, 2.45) is 11.1 Å². The summed E-state index contributed by atoms with van der Waals surface area (Å²) in [5.41, 5.74) is 6.90. The summed E-state index contributed by atoms with van der Waals surface area (Å²) in [6.07, 6.45) is 5.52. The van der Waals surface area contributed by atoms with E-state index in [1.807, 2.05) is 12.1 Å². The lowest BCUT2D eigenvalue weighted by atomic mass is 9.82. The summed E-state index contributed by atoms with van der Waals surface area (Å²) >= 11 is 4.94. The van der Waals surface area contributed by atoms with E-state index >= 15 is 0 Å². The van der Waals surface area contributed by atoms with Gasteiger partial charge in [0.15, 0.2) is 0 Å². The number of rotatable bonds is 4. The summed E-state index contributed by atoms with van der Waals surface area (Å²) < 4.78 is 0. The van der Waals surface area contributed by atoms with Crippen molar-refractivity contribution in [2.45, 2.75) is 33.1 Å². The molecule has 1 saturated heterocycles. The molecule has 1 fully saturated rings. The van der Waals surface area contributed by atoms with Gasteiger partial charge >= 0.3 is 0 Å². The molecule has 2 rings (SSSR count). The van der Waals surface area contributed by atoms with Gasteiger partial charge in [-0.2, -0.15) is 0 Å². The highest BCUT2D eigenvalue weighted by molar-refractivity contribution is 7.80. The maximum absolute atomic E-state index is 5.58. The Labute approximate surface area is 114 Å². The normalized spacial score (nSPS) is 18.0. The predicted molar refractivity (Wildman–Crippen MR) is 80.0 cm³/mol. The summed E-state index contributed by atoms with van der Waals surface area (Å²) in [6.45, 7) is 6.79. The highest BCUT2D eigenvalue weighted by atomic mass is 32.1. The van der Waals surface area contributed by atoms with Gasteiger partial charge in [0.2, 0.25) is 0 Å². The van der Waals surface area contributed by atoms with Crippen molar-refractivity contribution in [1.82, 2.24) is 4.98 Å². The second-order valence-corrected chi connectivity index (χ2v) is 5.59. The third-order valence-corrected chi connectivity index (χ3v) is 4.53. The van der Waals surface area contributed by atoms with Gasteiger partial charge in [-0.3, -0.25) is 0 Å². The Hall–Kier alpha value is -1.16. The zero-order valence-electron chi connectivity index (χ0n) is 11.1.